The summed E-state index contributed by atoms with van der Waals surface area (Å²) in [6.45, 7) is 5.35. The van der Waals surface area contributed by atoms with Crippen LogP contribution in [0.5, 0.6) is 0 Å². The molecule has 0 atom stereocenters. The number of methoxy groups -OCH3 is 1. The van der Waals surface area contributed by atoms with Gasteiger partial charge >= 0.3 is 11.9 Å². The van der Waals surface area contributed by atoms with Crippen molar-refractivity contribution in [2.45, 2.75) is 26.4 Å². The molecular formula is C15H19NO4. The second-order valence-corrected chi connectivity index (χ2v) is 5.20. The number of anilines is 1. The van der Waals surface area contributed by atoms with Crippen molar-refractivity contribution in [2.24, 2.45) is 0 Å². The summed E-state index contributed by atoms with van der Waals surface area (Å²) < 4.78 is 9.77. The van der Waals surface area contributed by atoms with Gasteiger partial charge in [0.05, 0.1) is 12.7 Å². The molecule has 1 aromatic carbocycles. The van der Waals surface area contributed by atoms with Gasteiger partial charge in [-0.1, -0.05) is 0 Å². The summed E-state index contributed by atoms with van der Waals surface area (Å²) in [5.74, 6) is -0.933. The molecule has 0 aliphatic carbocycles. The third-order valence-electron chi connectivity index (χ3n) is 2.31. The Morgan fingerprint density at radius 1 is 1.25 bits per heavy atom. The Hall–Kier alpha value is -2.30. The van der Waals surface area contributed by atoms with E-state index in [4.69, 9.17) is 10.5 Å². The van der Waals surface area contributed by atoms with Gasteiger partial charge in [0.2, 0.25) is 0 Å². The van der Waals surface area contributed by atoms with Gasteiger partial charge in [-0.15, -0.1) is 0 Å². The number of hydrogen-bond donors (Lipinski definition) is 1. The molecule has 0 fully saturated rings. The number of nitrogen functional groups attached to an aromatic ring is 1. The lowest BCUT2D eigenvalue weighted by atomic mass is 10.1. The molecule has 0 saturated heterocycles. The Morgan fingerprint density at radius 2 is 1.90 bits per heavy atom. The smallest absolute Gasteiger partial charge is 0.337 e. The van der Waals surface area contributed by atoms with Crippen LogP contribution < -0.4 is 5.73 Å². The minimum absolute atomic E-state index is 0.366. The summed E-state index contributed by atoms with van der Waals surface area (Å²) in [6, 6.07) is 4.70. The molecule has 1 rings (SSSR count). The molecule has 20 heavy (non-hydrogen) atoms. The highest BCUT2D eigenvalue weighted by atomic mass is 16.6. The topological polar surface area (TPSA) is 78.6 Å². The maximum absolute atomic E-state index is 11.6. The number of hydrogen-bond acceptors (Lipinski definition) is 5. The highest BCUT2D eigenvalue weighted by Gasteiger charge is 2.14. The maximum atomic E-state index is 11.6. The van der Waals surface area contributed by atoms with Crippen LogP contribution in [-0.4, -0.2) is 24.6 Å². The highest BCUT2D eigenvalue weighted by Crippen LogP contribution is 2.17. The van der Waals surface area contributed by atoms with Crippen LogP contribution >= 0.6 is 0 Å². The van der Waals surface area contributed by atoms with E-state index in [2.05, 4.69) is 4.74 Å². The fraction of sp³-hybridized carbons (Fsp3) is 0.333. The minimum Gasteiger partial charge on any atom is -0.465 e. The summed E-state index contributed by atoms with van der Waals surface area (Å²) in [6.07, 6.45) is 2.79. The van der Waals surface area contributed by atoms with Crippen molar-refractivity contribution in [2.75, 3.05) is 12.8 Å². The molecule has 5 heteroatoms. The summed E-state index contributed by atoms with van der Waals surface area (Å²) in [7, 11) is 1.30. The molecule has 0 amide bonds. The highest BCUT2D eigenvalue weighted by molar-refractivity contribution is 5.93. The van der Waals surface area contributed by atoms with Crippen molar-refractivity contribution in [3.63, 3.8) is 0 Å². The van der Waals surface area contributed by atoms with Gasteiger partial charge in [-0.05, 0) is 50.6 Å². The first-order chi connectivity index (χ1) is 9.23. The molecule has 2 N–H and O–H groups in total. The number of nitrogens with two attached hydrogens (primary N) is 1. The van der Waals surface area contributed by atoms with Gasteiger partial charge in [-0.2, -0.15) is 0 Å². The molecule has 0 heterocycles. The summed E-state index contributed by atoms with van der Waals surface area (Å²) >= 11 is 0. The number of carbonyl (C=O) groups excluding carboxylic acids is 2. The van der Waals surface area contributed by atoms with Crippen LogP contribution in [0.4, 0.5) is 5.69 Å². The van der Waals surface area contributed by atoms with Crippen molar-refractivity contribution in [3.05, 3.63) is 35.4 Å². The van der Waals surface area contributed by atoms with E-state index in [9.17, 15) is 9.59 Å². The normalized spacial score (nSPS) is 11.4. The Bertz CT molecular complexity index is 541. The predicted molar refractivity (Wildman–Crippen MR) is 77.1 cm³/mol. The number of esters is 2. The van der Waals surface area contributed by atoms with Crippen LogP contribution in [0.25, 0.3) is 6.08 Å². The van der Waals surface area contributed by atoms with Crippen LogP contribution in [0, 0.1) is 0 Å². The minimum atomic E-state index is -0.555. The molecule has 0 spiro atoms. The zero-order valence-electron chi connectivity index (χ0n) is 12.1. The fourth-order valence-electron chi connectivity index (χ4n) is 1.46. The van der Waals surface area contributed by atoms with Crippen LogP contribution in [0.1, 0.15) is 36.7 Å². The van der Waals surface area contributed by atoms with Gasteiger partial charge in [0.15, 0.2) is 0 Å². The van der Waals surface area contributed by atoms with E-state index in [0.717, 1.165) is 0 Å². The Kier molecular flexibility index (Phi) is 4.91. The van der Waals surface area contributed by atoms with Gasteiger partial charge in [0, 0.05) is 11.8 Å². The molecule has 108 valence electrons. The lowest BCUT2D eigenvalue weighted by Gasteiger charge is -2.17. The summed E-state index contributed by atoms with van der Waals surface area (Å²) in [4.78, 5) is 23.0. The first kappa shape index (κ1) is 15.8. The first-order valence-electron chi connectivity index (χ1n) is 6.12. The molecular weight excluding hydrogens is 258 g/mol. The van der Waals surface area contributed by atoms with E-state index in [1.807, 2.05) is 0 Å². The van der Waals surface area contributed by atoms with Crippen LogP contribution in [0.15, 0.2) is 24.3 Å². The third-order valence-corrected chi connectivity index (χ3v) is 2.31. The molecule has 0 aromatic heterocycles. The zero-order chi connectivity index (χ0) is 15.3. The van der Waals surface area contributed by atoms with Crippen LogP contribution in [-0.2, 0) is 14.3 Å². The van der Waals surface area contributed by atoms with E-state index in [1.54, 1.807) is 39.0 Å². The summed E-state index contributed by atoms with van der Waals surface area (Å²) in [5, 5.41) is 0. The molecule has 0 unspecified atom stereocenters. The lowest BCUT2D eigenvalue weighted by Crippen LogP contribution is -2.22. The van der Waals surface area contributed by atoms with E-state index < -0.39 is 17.5 Å². The molecule has 1 aromatic rings. The van der Waals surface area contributed by atoms with Crippen molar-refractivity contribution >= 4 is 23.7 Å². The Morgan fingerprint density at radius 3 is 2.45 bits per heavy atom. The van der Waals surface area contributed by atoms with Gasteiger partial charge < -0.3 is 15.2 Å². The van der Waals surface area contributed by atoms with Gasteiger partial charge in [0.1, 0.15) is 5.60 Å². The average Bonchev–Trinajstić information content (AvgIpc) is 2.34. The maximum Gasteiger partial charge on any atom is 0.337 e. The summed E-state index contributed by atoms with van der Waals surface area (Å²) in [5.41, 5.74) is 6.61. The molecule has 0 aliphatic heterocycles. The third kappa shape index (κ3) is 4.76. The van der Waals surface area contributed by atoms with Crippen LogP contribution in [0.2, 0.25) is 0 Å². The van der Waals surface area contributed by atoms with E-state index in [-0.39, 0.29) is 0 Å². The largest absolute Gasteiger partial charge is 0.465 e. The monoisotopic (exact) mass is 277 g/mol. The van der Waals surface area contributed by atoms with Crippen molar-refractivity contribution in [1.82, 2.24) is 0 Å². The number of ether oxygens (including phenoxy) is 2. The van der Waals surface area contributed by atoms with Gasteiger partial charge in [-0.3, -0.25) is 0 Å². The second-order valence-electron chi connectivity index (χ2n) is 5.20. The van der Waals surface area contributed by atoms with E-state index in [0.29, 0.717) is 16.8 Å². The van der Waals surface area contributed by atoms with Crippen molar-refractivity contribution in [1.29, 1.82) is 0 Å². The quantitative estimate of drug-likeness (QED) is 0.521. The van der Waals surface area contributed by atoms with E-state index >= 15 is 0 Å². The SMILES string of the molecule is COC(=O)c1ccc(N)c(/C=C/C(=O)OC(C)(C)C)c1. The molecule has 5 nitrogen and oxygen atoms in total. The second kappa shape index (κ2) is 6.23. The number of benzene rings is 1. The Balaban J connectivity index is 2.91. The average molecular weight is 277 g/mol. The lowest BCUT2D eigenvalue weighted by molar-refractivity contribution is -0.148. The van der Waals surface area contributed by atoms with Crippen LogP contribution in [0.3, 0.4) is 0 Å². The first-order valence-corrected chi connectivity index (χ1v) is 6.12. The van der Waals surface area contributed by atoms with Gasteiger partial charge in [0.25, 0.3) is 0 Å². The molecule has 0 bridgehead atoms. The number of carbonyl (C=O) groups is 2. The molecule has 0 radical (unpaired) electrons. The predicted octanol–water partition coefficient (Wildman–Crippen LogP) is 2.41. The molecule has 0 saturated carbocycles. The number of rotatable bonds is 3. The van der Waals surface area contributed by atoms with Crippen molar-refractivity contribution < 1.29 is 19.1 Å². The molecule has 0 aliphatic rings. The Labute approximate surface area is 118 Å². The van der Waals surface area contributed by atoms with Crippen molar-refractivity contribution in [3.8, 4) is 0 Å². The standard InChI is InChI=1S/C15H19NO4/c1-15(2,3)20-13(17)8-6-10-9-11(14(18)19-4)5-7-12(10)16/h5-9H,16H2,1-4H3/b8-6+. The fourth-order valence-corrected chi connectivity index (χ4v) is 1.46. The zero-order valence-corrected chi connectivity index (χ0v) is 12.1. The van der Waals surface area contributed by atoms with Gasteiger partial charge in [-0.25, -0.2) is 9.59 Å². The van der Waals surface area contributed by atoms with E-state index in [1.165, 1.54) is 19.3 Å².